The Kier molecular flexibility index (Phi) is 3.39. The van der Waals surface area contributed by atoms with E-state index in [1.165, 1.54) is 24.4 Å². The van der Waals surface area contributed by atoms with Crippen molar-refractivity contribution in [1.29, 1.82) is 5.26 Å². The summed E-state index contributed by atoms with van der Waals surface area (Å²) < 4.78 is 5.56. The van der Waals surface area contributed by atoms with Crippen LogP contribution in [0.5, 0.6) is 11.5 Å². The van der Waals surface area contributed by atoms with E-state index in [1.807, 2.05) is 6.07 Å². The van der Waals surface area contributed by atoms with E-state index in [9.17, 15) is 10.1 Å². The topological polar surface area (TPSA) is 89.1 Å². The quantitative estimate of drug-likeness (QED) is 0.621. The van der Waals surface area contributed by atoms with Crippen molar-refractivity contribution in [2.45, 2.75) is 6.92 Å². The molecule has 0 saturated carbocycles. The van der Waals surface area contributed by atoms with Gasteiger partial charge in [-0.15, -0.1) is 0 Å². The average Bonchev–Trinajstić information content (AvgIpc) is 2.41. The number of nitro benzene ring substituents is 1. The van der Waals surface area contributed by atoms with E-state index < -0.39 is 4.92 Å². The summed E-state index contributed by atoms with van der Waals surface area (Å²) in [6.07, 6.45) is 1.49. The van der Waals surface area contributed by atoms with Crippen LogP contribution in [0.4, 0.5) is 5.69 Å². The Bertz CT molecular complexity index is 677. The van der Waals surface area contributed by atoms with Crippen LogP contribution in [-0.2, 0) is 0 Å². The molecule has 0 aliphatic rings. The van der Waals surface area contributed by atoms with Crippen molar-refractivity contribution in [1.82, 2.24) is 4.98 Å². The molecule has 0 radical (unpaired) electrons. The monoisotopic (exact) mass is 255 g/mol. The van der Waals surface area contributed by atoms with Crippen LogP contribution >= 0.6 is 0 Å². The van der Waals surface area contributed by atoms with Gasteiger partial charge in [0.05, 0.1) is 4.92 Å². The number of rotatable bonds is 3. The van der Waals surface area contributed by atoms with Crippen molar-refractivity contribution in [3.8, 4) is 17.6 Å². The van der Waals surface area contributed by atoms with E-state index in [-0.39, 0.29) is 11.4 Å². The van der Waals surface area contributed by atoms with Gasteiger partial charge in [-0.25, -0.2) is 4.98 Å². The molecule has 0 spiro atoms. The molecule has 1 heterocycles. The van der Waals surface area contributed by atoms with Gasteiger partial charge in [-0.05, 0) is 30.7 Å². The van der Waals surface area contributed by atoms with Crippen LogP contribution in [0.25, 0.3) is 0 Å². The Labute approximate surface area is 109 Å². The fourth-order valence-corrected chi connectivity index (χ4v) is 1.54. The molecule has 19 heavy (non-hydrogen) atoms. The number of ether oxygens (including phenoxy) is 1. The first-order chi connectivity index (χ1) is 9.11. The van der Waals surface area contributed by atoms with E-state index in [0.717, 1.165) is 0 Å². The number of nitro groups is 1. The number of hydrogen-bond acceptors (Lipinski definition) is 5. The lowest BCUT2D eigenvalue weighted by Crippen LogP contribution is -1.94. The normalized spacial score (nSPS) is 9.68. The van der Waals surface area contributed by atoms with Gasteiger partial charge in [-0.3, -0.25) is 10.1 Å². The molecule has 94 valence electrons. The average molecular weight is 255 g/mol. The number of hydrogen-bond donors (Lipinski definition) is 0. The van der Waals surface area contributed by atoms with Gasteiger partial charge in [-0.1, -0.05) is 0 Å². The van der Waals surface area contributed by atoms with Crippen LogP contribution in [0, 0.1) is 28.4 Å². The van der Waals surface area contributed by atoms with Crippen LogP contribution in [0.1, 0.15) is 11.3 Å². The lowest BCUT2D eigenvalue weighted by molar-refractivity contribution is -0.384. The van der Waals surface area contributed by atoms with Gasteiger partial charge in [0.25, 0.3) is 5.69 Å². The Morgan fingerprint density at radius 1 is 1.37 bits per heavy atom. The summed E-state index contributed by atoms with van der Waals surface area (Å²) in [4.78, 5) is 14.0. The van der Waals surface area contributed by atoms with E-state index >= 15 is 0 Å². The molecule has 0 aliphatic carbocycles. The van der Waals surface area contributed by atoms with E-state index in [1.54, 1.807) is 19.1 Å². The maximum absolute atomic E-state index is 10.6. The van der Waals surface area contributed by atoms with Crippen LogP contribution in [0.15, 0.2) is 36.5 Å². The second kappa shape index (κ2) is 5.14. The number of benzene rings is 1. The number of aromatic nitrogens is 1. The summed E-state index contributed by atoms with van der Waals surface area (Å²) in [5.41, 5.74) is 0.777. The van der Waals surface area contributed by atoms with Crippen molar-refractivity contribution in [2.75, 3.05) is 0 Å². The lowest BCUT2D eigenvalue weighted by Gasteiger charge is -2.08. The smallest absolute Gasteiger partial charge is 0.269 e. The molecule has 0 fully saturated rings. The zero-order valence-corrected chi connectivity index (χ0v) is 10.0. The van der Waals surface area contributed by atoms with Gasteiger partial charge in [-0.2, -0.15) is 5.26 Å². The highest BCUT2D eigenvalue weighted by molar-refractivity contribution is 5.46. The first-order valence-corrected chi connectivity index (χ1v) is 5.40. The van der Waals surface area contributed by atoms with Gasteiger partial charge in [0.15, 0.2) is 11.4 Å². The van der Waals surface area contributed by atoms with Crippen molar-refractivity contribution in [3.63, 3.8) is 0 Å². The van der Waals surface area contributed by atoms with Crippen molar-refractivity contribution in [2.24, 2.45) is 0 Å². The van der Waals surface area contributed by atoms with E-state index in [0.29, 0.717) is 17.1 Å². The van der Waals surface area contributed by atoms with Crippen molar-refractivity contribution in [3.05, 3.63) is 57.9 Å². The summed E-state index contributed by atoms with van der Waals surface area (Å²) in [6, 6.07) is 9.46. The third-order valence-corrected chi connectivity index (χ3v) is 2.47. The first kappa shape index (κ1) is 12.5. The standard InChI is InChI=1S/C13H9N3O3/c1-9-7-10(16(17)18)4-5-12(9)19-13-3-2-6-15-11(13)8-14/h2-7H,1H3. The van der Waals surface area contributed by atoms with Gasteiger partial charge in [0, 0.05) is 18.3 Å². The molecule has 2 rings (SSSR count). The molecule has 0 aliphatic heterocycles. The fourth-order valence-electron chi connectivity index (χ4n) is 1.54. The molecule has 0 unspecified atom stereocenters. The Morgan fingerprint density at radius 3 is 2.79 bits per heavy atom. The number of pyridine rings is 1. The summed E-state index contributed by atoms with van der Waals surface area (Å²) in [6.45, 7) is 1.70. The molecule has 0 atom stereocenters. The van der Waals surface area contributed by atoms with Gasteiger partial charge in [0.1, 0.15) is 11.8 Å². The third kappa shape index (κ3) is 2.66. The lowest BCUT2D eigenvalue weighted by atomic mass is 10.2. The summed E-state index contributed by atoms with van der Waals surface area (Å²) >= 11 is 0. The molecule has 0 saturated heterocycles. The Hall–Kier alpha value is -2.94. The molecular formula is C13H9N3O3. The summed E-state index contributed by atoms with van der Waals surface area (Å²) in [5, 5.41) is 19.5. The summed E-state index contributed by atoms with van der Waals surface area (Å²) in [7, 11) is 0. The molecule has 0 bridgehead atoms. The third-order valence-electron chi connectivity index (χ3n) is 2.47. The highest BCUT2D eigenvalue weighted by Crippen LogP contribution is 2.29. The minimum absolute atomic E-state index is 0.00320. The zero-order valence-electron chi connectivity index (χ0n) is 10.0. The highest BCUT2D eigenvalue weighted by Gasteiger charge is 2.11. The van der Waals surface area contributed by atoms with Crippen LogP contribution in [0.3, 0.4) is 0 Å². The van der Waals surface area contributed by atoms with Crippen LogP contribution < -0.4 is 4.74 Å². The van der Waals surface area contributed by atoms with Gasteiger partial charge < -0.3 is 4.74 Å². The number of nitriles is 1. The Morgan fingerprint density at radius 2 is 2.16 bits per heavy atom. The second-order valence-corrected chi connectivity index (χ2v) is 3.77. The molecule has 6 nitrogen and oxygen atoms in total. The van der Waals surface area contributed by atoms with Gasteiger partial charge >= 0.3 is 0 Å². The SMILES string of the molecule is Cc1cc([N+](=O)[O-])ccc1Oc1cccnc1C#N. The zero-order chi connectivity index (χ0) is 13.8. The second-order valence-electron chi connectivity index (χ2n) is 3.77. The van der Waals surface area contributed by atoms with E-state index in [2.05, 4.69) is 4.98 Å². The maximum Gasteiger partial charge on any atom is 0.269 e. The van der Waals surface area contributed by atoms with Crippen LogP contribution in [0.2, 0.25) is 0 Å². The molecule has 2 aromatic rings. The minimum Gasteiger partial charge on any atom is -0.454 e. The maximum atomic E-state index is 10.6. The molecule has 0 amide bonds. The summed E-state index contributed by atoms with van der Waals surface area (Å²) in [5.74, 6) is 0.775. The predicted octanol–water partition coefficient (Wildman–Crippen LogP) is 2.96. The molecule has 1 aromatic heterocycles. The minimum atomic E-state index is -0.471. The van der Waals surface area contributed by atoms with Crippen molar-refractivity contribution >= 4 is 5.69 Å². The first-order valence-electron chi connectivity index (χ1n) is 5.40. The number of aryl methyl sites for hydroxylation is 1. The Balaban J connectivity index is 2.34. The molecule has 0 N–H and O–H groups in total. The largest absolute Gasteiger partial charge is 0.454 e. The highest BCUT2D eigenvalue weighted by atomic mass is 16.6. The molecular weight excluding hydrogens is 246 g/mol. The fraction of sp³-hybridized carbons (Fsp3) is 0.0769. The van der Waals surface area contributed by atoms with Crippen LogP contribution in [-0.4, -0.2) is 9.91 Å². The number of nitrogens with zero attached hydrogens (tertiary/aromatic N) is 3. The number of non-ortho nitro benzene ring substituents is 1. The predicted molar refractivity (Wildman–Crippen MR) is 66.9 cm³/mol. The van der Waals surface area contributed by atoms with Gasteiger partial charge in [0.2, 0.25) is 0 Å². The molecule has 6 heteroatoms. The van der Waals surface area contributed by atoms with E-state index in [4.69, 9.17) is 10.00 Å². The van der Waals surface area contributed by atoms with Crippen molar-refractivity contribution < 1.29 is 9.66 Å². The molecule has 1 aromatic carbocycles.